The molecule has 0 radical (unpaired) electrons. The Morgan fingerprint density at radius 3 is 2.46 bits per heavy atom. The molecule has 0 bridgehead atoms. The van der Waals surface area contributed by atoms with Crippen LogP contribution in [0.3, 0.4) is 0 Å². The summed E-state index contributed by atoms with van der Waals surface area (Å²) in [6.07, 6.45) is 0.00236. The average molecular weight is 376 g/mol. The van der Waals surface area contributed by atoms with Gasteiger partial charge in [-0.05, 0) is 42.4 Å². The number of carbonyl (C=O) groups excluding carboxylic acids is 1. The topological polar surface area (TPSA) is 35.6 Å². The van der Waals surface area contributed by atoms with Crippen LogP contribution in [0, 0.1) is 5.82 Å². The summed E-state index contributed by atoms with van der Waals surface area (Å²) in [6.45, 7) is 4.62. The molecule has 1 saturated heterocycles. The van der Waals surface area contributed by atoms with Crippen LogP contribution in [-0.4, -0.2) is 44.0 Å². The highest BCUT2D eigenvalue weighted by Gasteiger charge is 2.14. The van der Waals surface area contributed by atoms with Gasteiger partial charge in [-0.15, -0.1) is 0 Å². The monoisotopic (exact) mass is 375 g/mol. The Balaban J connectivity index is 1.50. The molecule has 0 unspecified atom stereocenters. The number of likely N-dealkylation sites (N-methyl/N-ethyl adjacent to an activating group) is 1. The normalized spacial score (nSPS) is 15.1. The van der Waals surface area contributed by atoms with Crippen molar-refractivity contribution >= 4 is 23.2 Å². The van der Waals surface area contributed by atoms with E-state index in [0.717, 1.165) is 31.7 Å². The number of benzene rings is 2. The summed E-state index contributed by atoms with van der Waals surface area (Å²) in [5, 5.41) is 3.16. The Hall–Kier alpha value is -2.11. The number of nitrogens with zero attached hydrogens (tertiary/aromatic N) is 2. The first-order valence-electron chi connectivity index (χ1n) is 8.74. The first-order valence-corrected chi connectivity index (χ1v) is 9.12. The quantitative estimate of drug-likeness (QED) is 0.872. The zero-order valence-electron chi connectivity index (χ0n) is 14.8. The second kappa shape index (κ2) is 8.52. The molecule has 26 heavy (non-hydrogen) atoms. The number of anilines is 1. The fourth-order valence-corrected chi connectivity index (χ4v) is 3.15. The second-order valence-electron chi connectivity index (χ2n) is 6.65. The maximum absolute atomic E-state index is 13.7. The van der Waals surface area contributed by atoms with Crippen molar-refractivity contribution in [3.8, 4) is 0 Å². The number of hydrogen-bond acceptors (Lipinski definition) is 3. The number of carbonyl (C=O) groups is 1. The van der Waals surface area contributed by atoms with Gasteiger partial charge in [-0.3, -0.25) is 4.79 Å². The molecule has 0 saturated carbocycles. The summed E-state index contributed by atoms with van der Waals surface area (Å²) in [4.78, 5) is 16.7. The van der Waals surface area contributed by atoms with Crippen molar-refractivity contribution < 1.29 is 9.18 Å². The molecule has 1 heterocycles. The van der Waals surface area contributed by atoms with E-state index in [9.17, 15) is 9.18 Å². The molecule has 0 aromatic heterocycles. The number of piperazine rings is 1. The number of amides is 1. The molecule has 1 aliphatic rings. The summed E-state index contributed by atoms with van der Waals surface area (Å²) in [5.41, 5.74) is 2.57. The predicted molar refractivity (Wildman–Crippen MR) is 103 cm³/mol. The van der Waals surface area contributed by atoms with Gasteiger partial charge in [-0.1, -0.05) is 29.8 Å². The molecule has 0 aliphatic carbocycles. The summed E-state index contributed by atoms with van der Waals surface area (Å²) in [6, 6.07) is 12.6. The largest absolute Gasteiger partial charge is 0.369 e. The van der Waals surface area contributed by atoms with Gasteiger partial charge in [0.05, 0.1) is 6.42 Å². The van der Waals surface area contributed by atoms with E-state index in [0.29, 0.717) is 17.1 Å². The molecule has 2 aromatic carbocycles. The van der Waals surface area contributed by atoms with Gasteiger partial charge in [0.25, 0.3) is 0 Å². The molecule has 1 N–H and O–H groups in total. The van der Waals surface area contributed by atoms with E-state index < -0.39 is 5.82 Å². The first-order chi connectivity index (χ1) is 12.5. The highest BCUT2D eigenvalue weighted by molar-refractivity contribution is 6.30. The zero-order valence-corrected chi connectivity index (χ0v) is 15.6. The first kappa shape index (κ1) is 18.7. The minimum absolute atomic E-state index is 0.00236. The molecular weight excluding hydrogens is 353 g/mol. The van der Waals surface area contributed by atoms with E-state index in [-0.39, 0.29) is 12.3 Å². The smallest absolute Gasteiger partial charge is 0.224 e. The molecule has 0 atom stereocenters. The van der Waals surface area contributed by atoms with Gasteiger partial charge in [0.15, 0.2) is 0 Å². The van der Waals surface area contributed by atoms with E-state index in [1.165, 1.54) is 11.8 Å². The third kappa shape index (κ3) is 4.96. The van der Waals surface area contributed by atoms with Gasteiger partial charge < -0.3 is 15.1 Å². The minimum Gasteiger partial charge on any atom is -0.369 e. The van der Waals surface area contributed by atoms with Gasteiger partial charge in [0.2, 0.25) is 5.91 Å². The Kier molecular flexibility index (Phi) is 6.12. The number of nitrogens with one attached hydrogen (secondary N) is 1. The Labute approximate surface area is 158 Å². The van der Waals surface area contributed by atoms with E-state index in [1.807, 2.05) is 12.1 Å². The van der Waals surface area contributed by atoms with E-state index in [2.05, 4.69) is 34.3 Å². The standard InChI is InChI=1S/C20H23ClFN3O/c1-24-8-10-25(11-9-24)18-6-2-15(3-7-18)14-23-20(26)12-16-4-5-17(21)13-19(16)22/h2-7,13H,8-12,14H2,1H3,(H,23,26). The van der Waals surface area contributed by atoms with E-state index >= 15 is 0 Å². The Morgan fingerprint density at radius 1 is 1.12 bits per heavy atom. The fraction of sp³-hybridized carbons (Fsp3) is 0.350. The van der Waals surface area contributed by atoms with Crippen LogP contribution >= 0.6 is 11.6 Å². The molecule has 1 amide bonds. The molecule has 1 aliphatic heterocycles. The molecular formula is C20H23ClFN3O. The maximum Gasteiger partial charge on any atom is 0.224 e. The van der Waals surface area contributed by atoms with Crippen LogP contribution in [0.25, 0.3) is 0 Å². The van der Waals surface area contributed by atoms with Crippen LogP contribution < -0.4 is 10.2 Å². The van der Waals surface area contributed by atoms with Crippen molar-refractivity contribution in [1.29, 1.82) is 0 Å². The summed E-state index contributed by atoms with van der Waals surface area (Å²) in [5.74, 6) is -0.668. The lowest BCUT2D eigenvalue weighted by molar-refractivity contribution is -0.120. The molecule has 4 nitrogen and oxygen atoms in total. The highest BCUT2D eigenvalue weighted by atomic mass is 35.5. The lowest BCUT2D eigenvalue weighted by Crippen LogP contribution is -2.44. The van der Waals surface area contributed by atoms with Gasteiger partial charge in [-0.2, -0.15) is 0 Å². The third-order valence-electron chi connectivity index (χ3n) is 4.66. The summed E-state index contributed by atoms with van der Waals surface area (Å²) >= 11 is 5.72. The van der Waals surface area contributed by atoms with Crippen LogP contribution in [0.15, 0.2) is 42.5 Å². The van der Waals surface area contributed by atoms with Crippen molar-refractivity contribution in [3.05, 3.63) is 64.4 Å². The van der Waals surface area contributed by atoms with Gasteiger partial charge in [0.1, 0.15) is 5.82 Å². The molecule has 0 spiro atoms. The second-order valence-corrected chi connectivity index (χ2v) is 7.08. The average Bonchev–Trinajstić information content (AvgIpc) is 2.63. The molecule has 138 valence electrons. The van der Waals surface area contributed by atoms with Crippen LogP contribution in [0.5, 0.6) is 0 Å². The van der Waals surface area contributed by atoms with Crippen molar-refractivity contribution in [2.24, 2.45) is 0 Å². The third-order valence-corrected chi connectivity index (χ3v) is 4.90. The van der Waals surface area contributed by atoms with Gasteiger partial charge in [0, 0.05) is 43.4 Å². The summed E-state index contributed by atoms with van der Waals surface area (Å²) < 4.78 is 13.7. The van der Waals surface area contributed by atoms with Crippen LogP contribution in [0.4, 0.5) is 10.1 Å². The minimum atomic E-state index is -0.454. The van der Waals surface area contributed by atoms with Gasteiger partial charge >= 0.3 is 0 Å². The zero-order chi connectivity index (χ0) is 18.5. The van der Waals surface area contributed by atoms with Crippen molar-refractivity contribution in [3.63, 3.8) is 0 Å². The Morgan fingerprint density at radius 2 is 1.81 bits per heavy atom. The molecule has 3 rings (SSSR count). The fourth-order valence-electron chi connectivity index (χ4n) is 2.99. The van der Waals surface area contributed by atoms with Crippen molar-refractivity contribution in [2.45, 2.75) is 13.0 Å². The number of hydrogen-bond donors (Lipinski definition) is 1. The Bertz CT molecular complexity index is 758. The molecule has 2 aromatic rings. The van der Waals surface area contributed by atoms with Crippen LogP contribution in [-0.2, 0) is 17.8 Å². The van der Waals surface area contributed by atoms with E-state index in [4.69, 9.17) is 11.6 Å². The number of rotatable bonds is 5. The predicted octanol–water partition coefficient (Wildman–Crippen LogP) is 3.09. The van der Waals surface area contributed by atoms with E-state index in [1.54, 1.807) is 12.1 Å². The van der Waals surface area contributed by atoms with Gasteiger partial charge in [-0.25, -0.2) is 4.39 Å². The maximum atomic E-state index is 13.7. The lowest BCUT2D eigenvalue weighted by atomic mass is 10.1. The number of halogens is 2. The highest BCUT2D eigenvalue weighted by Crippen LogP contribution is 2.17. The lowest BCUT2D eigenvalue weighted by Gasteiger charge is -2.34. The molecule has 6 heteroatoms. The SMILES string of the molecule is CN1CCN(c2ccc(CNC(=O)Cc3ccc(Cl)cc3F)cc2)CC1. The van der Waals surface area contributed by atoms with Crippen LogP contribution in [0.2, 0.25) is 5.02 Å². The molecule has 1 fully saturated rings. The van der Waals surface area contributed by atoms with Crippen molar-refractivity contribution in [1.82, 2.24) is 10.2 Å². The van der Waals surface area contributed by atoms with Crippen molar-refractivity contribution in [2.75, 3.05) is 38.1 Å². The summed E-state index contributed by atoms with van der Waals surface area (Å²) in [7, 11) is 2.14. The van der Waals surface area contributed by atoms with Crippen LogP contribution in [0.1, 0.15) is 11.1 Å².